The first-order valence-electron chi connectivity index (χ1n) is 8.21. The highest BCUT2D eigenvalue weighted by Crippen LogP contribution is 2.22. The van der Waals surface area contributed by atoms with E-state index in [1.54, 1.807) is 0 Å². The Morgan fingerprint density at radius 2 is 1.96 bits per heavy atom. The molecule has 1 N–H and O–H groups in total. The molecule has 1 aliphatic heterocycles. The Morgan fingerprint density at radius 3 is 2.56 bits per heavy atom. The van der Waals surface area contributed by atoms with Gasteiger partial charge in [0.2, 0.25) is 5.95 Å². The van der Waals surface area contributed by atoms with Crippen molar-refractivity contribution in [1.29, 1.82) is 0 Å². The van der Waals surface area contributed by atoms with Crippen LogP contribution in [0.15, 0.2) is 36.7 Å². The zero-order valence-electron chi connectivity index (χ0n) is 14.3. The van der Waals surface area contributed by atoms with E-state index in [0.29, 0.717) is 31.6 Å². The lowest BCUT2D eigenvalue weighted by Gasteiger charge is -2.35. The van der Waals surface area contributed by atoms with Crippen molar-refractivity contribution in [2.45, 2.75) is 26.0 Å². The van der Waals surface area contributed by atoms with Gasteiger partial charge in [-0.15, -0.1) is 0 Å². The number of benzene rings is 1. The van der Waals surface area contributed by atoms with Crippen molar-refractivity contribution < 1.29 is 19.4 Å². The summed E-state index contributed by atoms with van der Waals surface area (Å²) >= 11 is 0. The van der Waals surface area contributed by atoms with Gasteiger partial charge in [0.1, 0.15) is 12.4 Å². The van der Waals surface area contributed by atoms with E-state index < -0.39 is 5.97 Å². The van der Waals surface area contributed by atoms with Gasteiger partial charge in [0.05, 0.1) is 12.2 Å². The highest BCUT2D eigenvalue weighted by atomic mass is 16.6. The molecule has 0 spiro atoms. The lowest BCUT2D eigenvalue weighted by atomic mass is 10.0. The predicted octanol–water partition coefficient (Wildman–Crippen LogP) is 2.54. The maximum Gasteiger partial charge on any atom is 0.338 e. The van der Waals surface area contributed by atoms with Crippen molar-refractivity contribution in [3.05, 3.63) is 47.8 Å². The molecule has 7 nitrogen and oxygen atoms in total. The molecule has 0 amide bonds. The molecule has 132 valence electrons. The third-order valence-electron chi connectivity index (χ3n) is 4.05. The average Bonchev–Trinajstić information content (AvgIpc) is 2.63. The van der Waals surface area contributed by atoms with Crippen molar-refractivity contribution in [3.8, 4) is 5.75 Å². The number of carbonyl (C=O) groups is 1. The van der Waals surface area contributed by atoms with Crippen molar-refractivity contribution in [2.75, 3.05) is 24.7 Å². The Bertz CT molecular complexity index is 716. The molecule has 3 rings (SSSR count). The molecule has 2 aromatic rings. The number of nitrogens with zero attached hydrogens (tertiary/aromatic N) is 3. The van der Waals surface area contributed by atoms with Crippen LogP contribution in [-0.2, 0) is 4.74 Å². The largest absolute Gasteiger partial charge is 0.478 e. The zero-order chi connectivity index (χ0) is 17.8. The van der Waals surface area contributed by atoms with Gasteiger partial charge in [0.15, 0.2) is 6.23 Å². The molecule has 1 fully saturated rings. The van der Waals surface area contributed by atoms with E-state index >= 15 is 0 Å². The normalized spacial score (nSPS) is 17.6. The monoisotopic (exact) mass is 343 g/mol. The predicted molar refractivity (Wildman–Crippen MR) is 92.1 cm³/mol. The minimum Gasteiger partial charge on any atom is -0.478 e. The van der Waals surface area contributed by atoms with Gasteiger partial charge in [-0.05, 0) is 23.6 Å². The van der Waals surface area contributed by atoms with Gasteiger partial charge in [0, 0.05) is 18.9 Å². The molecular weight excluding hydrogens is 322 g/mol. The van der Waals surface area contributed by atoms with E-state index in [4.69, 9.17) is 14.6 Å². The number of ether oxygens (including phenoxy) is 2. The van der Waals surface area contributed by atoms with Crippen LogP contribution in [0.2, 0.25) is 0 Å². The molecule has 1 aromatic carbocycles. The quantitative estimate of drug-likeness (QED) is 0.893. The summed E-state index contributed by atoms with van der Waals surface area (Å²) in [5, 5.41) is 8.96. The van der Waals surface area contributed by atoms with Gasteiger partial charge in [-0.3, -0.25) is 0 Å². The summed E-state index contributed by atoms with van der Waals surface area (Å²) in [7, 11) is 0. The van der Waals surface area contributed by atoms with Gasteiger partial charge in [-0.1, -0.05) is 26.0 Å². The number of hydrogen-bond acceptors (Lipinski definition) is 6. The van der Waals surface area contributed by atoms with E-state index in [0.717, 1.165) is 5.75 Å². The highest BCUT2D eigenvalue weighted by Gasteiger charge is 2.27. The molecule has 25 heavy (non-hydrogen) atoms. The maximum absolute atomic E-state index is 10.9. The van der Waals surface area contributed by atoms with Crippen LogP contribution in [0, 0.1) is 0 Å². The number of hydrogen-bond donors (Lipinski definition) is 1. The number of anilines is 1. The summed E-state index contributed by atoms with van der Waals surface area (Å²) in [5.74, 6) is 0.584. The number of aromatic carboxylic acids is 1. The second-order valence-electron chi connectivity index (χ2n) is 6.14. The molecule has 0 aliphatic carbocycles. The fourth-order valence-corrected chi connectivity index (χ4v) is 2.58. The summed E-state index contributed by atoms with van der Waals surface area (Å²) in [6, 6.07) is 7.98. The van der Waals surface area contributed by atoms with Crippen LogP contribution in [0.5, 0.6) is 5.75 Å². The van der Waals surface area contributed by atoms with E-state index in [2.05, 4.69) is 23.8 Å². The topological polar surface area (TPSA) is 84.8 Å². The van der Waals surface area contributed by atoms with Crippen molar-refractivity contribution in [1.82, 2.24) is 9.97 Å². The van der Waals surface area contributed by atoms with E-state index in [-0.39, 0.29) is 11.8 Å². The summed E-state index contributed by atoms with van der Waals surface area (Å²) in [6.07, 6.45) is 2.23. The number of morpholine rings is 1. The molecule has 1 aliphatic rings. The summed E-state index contributed by atoms with van der Waals surface area (Å²) in [6.45, 7) is 5.78. The van der Waals surface area contributed by atoms with Gasteiger partial charge in [0.25, 0.3) is 0 Å². The van der Waals surface area contributed by atoms with Crippen LogP contribution in [0.1, 0.15) is 35.7 Å². The fourth-order valence-electron chi connectivity index (χ4n) is 2.58. The molecule has 1 saturated heterocycles. The Kier molecular flexibility index (Phi) is 5.14. The van der Waals surface area contributed by atoms with Gasteiger partial charge < -0.3 is 19.5 Å². The SMILES string of the molecule is CC(C)c1ccc(OC2COCCN2c2ncc(C(=O)O)cn2)cc1. The van der Waals surface area contributed by atoms with Crippen LogP contribution < -0.4 is 9.64 Å². The van der Waals surface area contributed by atoms with E-state index in [9.17, 15) is 4.79 Å². The summed E-state index contributed by atoms with van der Waals surface area (Å²) < 4.78 is 11.6. The smallest absolute Gasteiger partial charge is 0.338 e. The minimum atomic E-state index is -1.05. The first kappa shape index (κ1) is 17.2. The Labute approximate surface area is 146 Å². The van der Waals surface area contributed by atoms with Crippen LogP contribution in [0.4, 0.5) is 5.95 Å². The Morgan fingerprint density at radius 1 is 1.28 bits per heavy atom. The number of rotatable bonds is 5. The maximum atomic E-state index is 10.9. The number of aromatic nitrogens is 2. The first-order chi connectivity index (χ1) is 12.0. The standard InChI is InChI=1S/C18H21N3O4/c1-12(2)13-3-5-15(6-4-13)25-16-11-24-8-7-21(16)18-19-9-14(10-20-18)17(22)23/h3-6,9-10,12,16H,7-8,11H2,1-2H3,(H,22,23). The minimum absolute atomic E-state index is 0.0544. The average molecular weight is 343 g/mol. The molecule has 2 heterocycles. The molecule has 0 radical (unpaired) electrons. The second-order valence-corrected chi connectivity index (χ2v) is 6.14. The van der Waals surface area contributed by atoms with Gasteiger partial charge in [-0.2, -0.15) is 0 Å². The molecule has 0 bridgehead atoms. The Balaban J connectivity index is 1.75. The van der Waals surface area contributed by atoms with E-state index in [1.165, 1.54) is 18.0 Å². The first-order valence-corrected chi connectivity index (χ1v) is 8.21. The van der Waals surface area contributed by atoms with Crippen LogP contribution >= 0.6 is 0 Å². The zero-order valence-corrected chi connectivity index (χ0v) is 14.3. The van der Waals surface area contributed by atoms with Crippen molar-refractivity contribution in [2.24, 2.45) is 0 Å². The third kappa shape index (κ3) is 4.06. The van der Waals surface area contributed by atoms with Crippen molar-refractivity contribution in [3.63, 3.8) is 0 Å². The van der Waals surface area contributed by atoms with Crippen molar-refractivity contribution >= 4 is 11.9 Å². The molecular formula is C18H21N3O4. The summed E-state index contributed by atoms with van der Waals surface area (Å²) in [5.41, 5.74) is 1.30. The van der Waals surface area contributed by atoms with Crippen LogP contribution in [-0.4, -0.2) is 47.0 Å². The van der Waals surface area contributed by atoms with Crippen LogP contribution in [0.3, 0.4) is 0 Å². The second kappa shape index (κ2) is 7.48. The highest BCUT2D eigenvalue weighted by molar-refractivity contribution is 5.86. The Hall–Kier alpha value is -2.67. The van der Waals surface area contributed by atoms with E-state index in [1.807, 2.05) is 29.2 Å². The molecule has 1 atom stereocenters. The lowest BCUT2D eigenvalue weighted by molar-refractivity contribution is 0.0183. The molecule has 7 heteroatoms. The number of carboxylic acids is 1. The lowest BCUT2D eigenvalue weighted by Crippen LogP contribution is -2.49. The van der Waals surface area contributed by atoms with Crippen LogP contribution in [0.25, 0.3) is 0 Å². The third-order valence-corrected chi connectivity index (χ3v) is 4.05. The van der Waals surface area contributed by atoms with Gasteiger partial charge in [-0.25, -0.2) is 14.8 Å². The molecule has 1 unspecified atom stereocenters. The molecule has 1 aromatic heterocycles. The summed E-state index contributed by atoms with van der Waals surface area (Å²) in [4.78, 5) is 21.1. The molecule has 0 saturated carbocycles. The number of carboxylic acid groups (broad SMARTS) is 1. The fraction of sp³-hybridized carbons (Fsp3) is 0.389. The van der Waals surface area contributed by atoms with Gasteiger partial charge >= 0.3 is 5.97 Å².